The minimum Gasteiger partial charge on any atom is -0.393 e. The Bertz CT molecular complexity index is 594. The second kappa shape index (κ2) is 5.22. The average molecular weight is 277 g/mol. The summed E-state index contributed by atoms with van der Waals surface area (Å²) < 4.78 is 8.21. The van der Waals surface area contributed by atoms with Gasteiger partial charge in [0.25, 0.3) is 5.91 Å². The van der Waals surface area contributed by atoms with Crippen molar-refractivity contribution in [3.05, 3.63) is 23.8 Å². The summed E-state index contributed by atoms with van der Waals surface area (Å²) in [5, 5.41) is 12.5. The van der Waals surface area contributed by atoms with Crippen LogP contribution >= 0.6 is 11.7 Å². The van der Waals surface area contributed by atoms with Crippen LogP contribution in [0.3, 0.4) is 0 Å². The molecule has 100 valence electrons. The van der Waals surface area contributed by atoms with Gasteiger partial charge in [-0.25, -0.2) is 0 Å². The molecule has 1 atom stereocenters. The predicted octanol–water partition coefficient (Wildman–Crippen LogP) is 1.58. The van der Waals surface area contributed by atoms with Crippen LogP contribution in [0.5, 0.6) is 0 Å². The molecule has 0 spiro atoms. The SMILES string of the molecule is O=C(NCC[C@@H](O)C1CC1)c1ccc2nsnc2c1. The lowest BCUT2D eigenvalue weighted by Gasteiger charge is -2.09. The molecule has 1 amide bonds. The molecule has 2 N–H and O–H groups in total. The van der Waals surface area contributed by atoms with Gasteiger partial charge < -0.3 is 10.4 Å². The van der Waals surface area contributed by atoms with Crippen LogP contribution in [0, 0.1) is 5.92 Å². The lowest BCUT2D eigenvalue weighted by molar-refractivity contribution is 0.0937. The molecule has 1 fully saturated rings. The van der Waals surface area contributed by atoms with E-state index in [2.05, 4.69) is 14.1 Å². The average Bonchev–Trinajstić information content (AvgIpc) is 3.16. The summed E-state index contributed by atoms with van der Waals surface area (Å²) >= 11 is 1.14. The summed E-state index contributed by atoms with van der Waals surface area (Å²) in [5.74, 6) is 0.326. The van der Waals surface area contributed by atoms with Gasteiger partial charge in [-0.3, -0.25) is 4.79 Å². The van der Waals surface area contributed by atoms with Crippen molar-refractivity contribution in [3.63, 3.8) is 0 Å². The first kappa shape index (κ1) is 12.5. The van der Waals surface area contributed by atoms with Gasteiger partial charge in [-0.1, -0.05) is 0 Å². The van der Waals surface area contributed by atoms with E-state index in [0.717, 1.165) is 35.6 Å². The van der Waals surface area contributed by atoms with Crippen molar-refractivity contribution in [2.75, 3.05) is 6.54 Å². The van der Waals surface area contributed by atoms with E-state index in [0.29, 0.717) is 24.4 Å². The van der Waals surface area contributed by atoms with Crippen molar-refractivity contribution < 1.29 is 9.90 Å². The zero-order valence-electron chi connectivity index (χ0n) is 10.4. The molecule has 1 heterocycles. The van der Waals surface area contributed by atoms with E-state index in [-0.39, 0.29) is 12.0 Å². The Kier molecular flexibility index (Phi) is 3.44. The van der Waals surface area contributed by atoms with Gasteiger partial charge >= 0.3 is 0 Å². The fraction of sp³-hybridized carbons (Fsp3) is 0.462. The number of aromatic nitrogens is 2. The first-order valence-electron chi connectivity index (χ1n) is 6.42. The summed E-state index contributed by atoms with van der Waals surface area (Å²) in [6.07, 6.45) is 2.58. The van der Waals surface area contributed by atoms with Crippen molar-refractivity contribution in [1.29, 1.82) is 0 Å². The molecule has 5 nitrogen and oxygen atoms in total. The van der Waals surface area contributed by atoms with Crippen molar-refractivity contribution in [3.8, 4) is 0 Å². The normalized spacial score (nSPS) is 16.5. The van der Waals surface area contributed by atoms with Crippen LogP contribution in [-0.2, 0) is 0 Å². The Morgan fingerprint density at radius 3 is 3.00 bits per heavy atom. The number of nitrogens with zero attached hydrogens (tertiary/aromatic N) is 2. The van der Waals surface area contributed by atoms with Crippen LogP contribution in [0.25, 0.3) is 11.0 Å². The van der Waals surface area contributed by atoms with Crippen LogP contribution in [-0.4, -0.2) is 32.4 Å². The highest BCUT2D eigenvalue weighted by Gasteiger charge is 2.29. The number of amides is 1. The van der Waals surface area contributed by atoms with E-state index in [1.807, 2.05) is 0 Å². The number of carbonyl (C=O) groups is 1. The van der Waals surface area contributed by atoms with Gasteiger partial charge in [0.2, 0.25) is 0 Å². The van der Waals surface area contributed by atoms with Gasteiger partial charge in [-0.05, 0) is 43.4 Å². The largest absolute Gasteiger partial charge is 0.393 e. The van der Waals surface area contributed by atoms with E-state index >= 15 is 0 Å². The van der Waals surface area contributed by atoms with Gasteiger partial charge in [0, 0.05) is 12.1 Å². The molecular formula is C13H15N3O2S. The van der Waals surface area contributed by atoms with Crippen molar-refractivity contribution in [1.82, 2.24) is 14.1 Å². The molecule has 0 unspecified atom stereocenters. The highest BCUT2D eigenvalue weighted by Crippen LogP contribution is 2.33. The number of benzene rings is 1. The second-order valence-electron chi connectivity index (χ2n) is 4.92. The molecule has 19 heavy (non-hydrogen) atoms. The quantitative estimate of drug-likeness (QED) is 0.870. The molecule has 0 radical (unpaired) electrons. The minimum absolute atomic E-state index is 0.127. The van der Waals surface area contributed by atoms with Crippen LogP contribution in [0.15, 0.2) is 18.2 Å². The van der Waals surface area contributed by atoms with Crippen LogP contribution in [0.1, 0.15) is 29.6 Å². The molecule has 1 saturated carbocycles. The first-order valence-corrected chi connectivity index (χ1v) is 7.15. The van der Waals surface area contributed by atoms with Crippen molar-refractivity contribution in [2.45, 2.75) is 25.4 Å². The molecule has 0 aliphatic heterocycles. The van der Waals surface area contributed by atoms with E-state index in [1.165, 1.54) is 0 Å². The summed E-state index contributed by atoms with van der Waals surface area (Å²) in [4.78, 5) is 11.9. The molecule has 0 bridgehead atoms. The molecule has 2 aromatic rings. The summed E-state index contributed by atoms with van der Waals surface area (Å²) in [6.45, 7) is 0.504. The van der Waals surface area contributed by atoms with E-state index in [9.17, 15) is 9.90 Å². The third-order valence-electron chi connectivity index (χ3n) is 3.41. The zero-order chi connectivity index (χ0) is 13.2. The standard InChI is InChI=1S/C13H15N3O2S/c17-12(8-1-2-8)5-6-14-13(18)9-3-4-10-11(7-9)16-19-15-10/h3-4,7-8,12,17H,1-2,5-6H2,(H,14,18)/t12-/m1/s1. The maximum Gasteiger partial charge on any atom is 0.251 e. The summed E-state index contributed by atoms with van der Waals surface area (Å²) in [6, 6.07) is 5.29. The molecule has 1 aliphatic rings. The van der Waals surface area contributed by atoms with E-state index in [4.69, 9.17) is 0 Å². The number of aliphatic hydroxyl groups is 1. The Hall–Kier alpha value is -1.53. The van der Waals surface area contributed by atoms with Crippen LogP contribution < -0.4 is 5.32 Å². The van der Waals surface area contributed by atoms with Gasteiger partial charge in [-0.2, -0.15) is 8.75 Å². The third-order valence-corrected chi connectivity index (χ3v) is 3.96. The molecule has 3 rings (SSSR count). The third kappa shape index (κ3) is 2.90. The Morgan fingerprint density at radius 1 is 1.42 bits per heavy atom. The zero-order valence-corrected chi connectivity index (χ0v) is 11.2. The fourth-order valence-electron chi connectivity index (χ4n) is 2.08. The monoisotopic (exact) mass is 277 g/mol. The van der Waals surface area contributed by atoms with Gasteiger partial charge in [0.1, 0.15) is 11.0 Å². The molecule has 1 aromatic heterocycles. The highest BCUT2D eigenvalue weighted by molar-refractivity contribution is 7.00. The smallest absolute Gasteiger partial charge is 0.251 e. The Labute approximate surface area is 115 Å². The number of hydrogen-bond donors (Lipinski definition) is 2. The van der Waals surface area contributed by atoms with Crippen molar-refractivity contribution >= 4 is 28.7 Å². The Balaban J connectivity index is 1.56. The van der Waals surface area contributed by atoms with E-state index in [1.54, 1.807) is 18.2 Å². The topological polar surface area (TPSA) is 75.1 Å². The van der Waals surface area contributed by atoms with Gasteiger partial charge in [0.15, 0.2) is 0 Å². The summed E-state index contributed by atoms with van der Waals surface area (Å²) in [5.41, 5.74) is 2.14. The first-order chi connectivity index (χ1) is 9.24. The molecule has 1 aromatic carbocycles. The van der Waals surface area contributed by atoms with Crippen LogP contribution in [0.4, 0.5) is 0 Å². The van der Waals surface area contributed by atoms with Crippen molar-refractivity contribution in [2.24, 2.45) is 5.92 Å². The maximum atomic E-state index is 11.9. The molecule has 1 aliphatic carbocycles. The number of carbonyl (C=O) groups excluding carboxylic acids is 1. The molecule has 0 saturated heterocycles. The Morgan fingerprint density at radius 2 is 2.21 bits per heavy atom. The lowest BCUT2D eigenvalue weighted by atomic mass is 10.1. The number of fused-ring (bicyclic) bond motifs is 1. The van der Waals surface area contributed by atoms with Gasteiger partial charge in [0.05, 0.1) is 17.8 Å². The molecule has 6 heteroatoms. The number of aliphatic hydroxyl groups excluding tert-OH is 1. The summed E-state index contributed by atoms with van der Waals surface area (Å²) in [7, 11) is 0. The minimum atomic E-state index is -0.273. The van der Waals surface area contributed by atoms with Crippen LogP contribution in [0.2, 0.25) is 0 Å². The number of rotatable bonds is 5. The number of hydrogen-bond acceptors (Lipinski definition) is 5. The fourth-order valence-corrected chi connectivity index (χ4v) is 2.59. The lowest BCUT2D eigenvalue weighted by Crippen LogP contribution is -2.27. The number of nitrogens with one attached hydrogen (secondary N) is 1. The van der Waals surface area contributed by atoms with Gasteiger partial charge in [-0.15, -0.1) is 0 Å². The maximum absolute atomic E-state index is 11.9. The van der Waals surface area contributed by atoms with E-state index < -0.39 is 0 Å². The highest BCUT2D eigenvalue weighted by atomic mass is 32.1. The predicted molar refractivity (Wildman–Crippen MR) is 73.1 cm³/mol. The second-order valence-corrected chi connectivity index (χ2v) is 5.45. The molecular weight excluding hydrogens is 262 g/mol.